The number of aromatic nitrogens is 4. The van der Waals surface area contributed by atoms with Crippen molar-refractivity contribution in [3.8, 4) is 0 Å². The second kappa shape index (κ2) is 15.7. The molecule has 232 valence electrons. The second-order valence-electron chi connectivity index (χ2n) is 10.3. The molecule has 0 aliphatic carbocycles. The van der Waals surface area contributed by atoms with E-state index in [1.807, 2.05) is 29.2 Å². The molecule has 2 aromatic heterocycles. The van der Waals surface area contributed by atoms with Crippen LogP contribution in [0, 0.1) is 0 Å². The SMILES string of the molecule is CNCC(=O)NCOCCOCCOCCn1nccc1C1=CC(N2CCOCC2C)=NC2C1=CC=NC2c1ccn[nH]1. The van der Waals surface area contributed by atoms with Gasteiger partial charge >= 0.3 is 0 Å². The lowest BCUT2D eigenvalue weighted by atomic mass is 9.86. The van der Waals surface area contributed by atoms with Gasteiger partial charge in [0.2, 0.25) is 5.91 Å². The number of fused-ring (bicyclic) bond motifs is 1. The molecule has 3 aliphatic rings. The van der Waals surface area contributed by atoms with Gasteiger partial charge in [0, 0.05) is 30.7 Å². The van der Waals surface area contributed by atoms with Gasteiger partial charge in [-0.2, -0.15) is 10.2 Å². The van der Waals surface area contributed by atoms with E-state index in [0.29, 0.717) is 52.8 Å². The number of hydrogen-bond donors (Lipinski definition) is 3. The molecule has 5 rings (SSSR count). The summed E-state index contributed by atoms with van der Waals surface area (Å²) in [6, 6.07) is 3.82. The van der Waals surface area contributed by atoms with Crippen molar-refractivity contribution in [1.29, 1.82) is 0 Å². The maximum absolute atomic E-state index is 11.4. The Hall–Kier alpha value is -3.69. The van der Waals surface area contributed by atoms with Crippen LogP contribution in [-0.2, 0) is 30.3 Å². The number of aliphatic imine (C=N–C) groups is 2. The summed E-state index contributed by atoms with van der Waals surface area (Å²) in [6.07, 6.45) is 9.65. The zero-order valence-electron chi connectivity index (χ0n) is 24.8. The largest absolute Gasteiger partial charge is 0.377 e. The first-order chi connectivity index (χ1) is 21.2. The zero-order chi connectivity index (χ0) is 29.9. The summed E-state index contributed by atoms with van der Waals surface area (Å²) in [7, 11) is 1.72. The van der Waals surface area contributed by atoms with E-state index in [0.717, 1.165) is 34.9 Å². The molecule has 0 radical (unpaired) electrons. The zero-order valence-corrected chi connectivity index (χ0v) is 24.8. The molecule has 0 aromatic carbocycles. The third-order valence-corrected chi connectivity index (χ3v) is 7.37. The van der Waals surface area contributed by atoms with Crippen LogP contribution in [0.4, 0.5) is 0 Å². The van der Waals surface area contributed by atoms with Gasteiger partial charge in [-0.1, -0.05) is 0 Å². The monoisotopic (exact) mass is 595 g/mol. The predicted molar refractivity (Wildman–Crippen MR) is 161 cm³/mol. The minimum absolute atomic E-state index is 0.111. The highest BCUT2D eigenvalue weighted by molar-refractivity contribution is 6.06. The molecule has 0 saturated carbocycles. The summed E-state index contributed by atoms with van der Waals surface area (Å²) in [4.78, 5) is 23.7. The number of nitrogens with one attached hydrogen (secondary N) is 3. The highest BCUT2D eigenvalue weighted by atomic mass is 16.5. The molecule has 3 N–H and O–H groups in total. The average Bonchev–Trinajstić information content (AvgIpc) is 3.72. The van der Waals surface area contributed by atoms with Crippen molar-refractivity contribution in [2.75, 3.05) is 73.1 Å². The molecule has 0 bridgehead atoms. The summed E-state index contributed by atoms with van der Waals surface area (Å²) in [5.41, 5.74) is 4.10. The normalized spacial score (nSPS) is 21.7. The number of nitrogens with zero attached hydrogens (tertiary/aromatic N) is 6. The summed E-state index contributed by atoms with van der Waals surface area (Å²) < 4.78 is 24.4. The molecule has 5 heterocycles. The van der Waals surface area contributed by atoms with E-state index in [2.05, 4.69) is 49.9 Å². The van der Waals surface area contributed by atoms with E-state index in [4.69, 9.17) is 28.9 Å². The second-order valence-corrected chi connectivity index (χ2v) is 10.3. The predicted octanol–water partition coefficient (Wildman–Crippen LogP) is 0.586. The number of rotatable bonds is 15. The molecular formula is C29H41N9O5. The number of dihydropyridines is 2. The van der Waals surface area contributed by atoms with Crippen molar-refractivity contribution in [3.63, 3.8) is 0 Å². The van der Waals surface area contributed by atoms with E-state index in [9.17, 15) is 4.79 Å². The number of allylic oxidation sites excluding steroid dienone is 1. The first-order valence-electron chi connectivity index (χ1n) is 14.7. The van der Waals surface area contributed by atoms with Crippen LogP contribution in [0.2, 0.25) is 0 Å². The van der Waals surface area contributed by atoms with Gasteiger partial charge in [-0.15, -0.1) is 0 Å². The molecule has 2 aromatic rings. The molecular weight excluding hydrogens is 554 g/mol. The fraction of sp³-hybridized carbons (Fsp3) is 0.552. The Morgan fingerprint density at radius 1 is 1.12 bits per heavy atom. The molecule has 3 atom stereocenters. The van der Waals surface area contributed by atoms with Crippen LogP contribution in [0.15, 0.2) is 52.2 Å². The maximum atomic E-state index is 11.4. The van der Waals surface area contributed by atoms with Crippen molar-refractivity contribution in [1.82, 2.24) is 35.5 Å². The molecule has 3 unspecified atom stereocenters. The van der Waals surface area contributed by atoms with Crippen molar-refractivity contribution >= 4 is 23.5 Å². The molecule has 3 aliphatic heterocycles. The number of likely N-dealkylation sites (N-methyl/N-ethyl adjacent to an activating group) is 1. The molecule has 14 heteroatoms. The molecule has 1 saturated heterocycles. The Morgan fingerprint density at radius 3 is 2.74 bits per heavy atom. The number of amides is 1. The Morgan fingerprint density at radius 2 is 1.95 bits per heavy atom. The van der Waals surface area contributed by atoms with Gasteiger partial charge < -0.3 is 34.5 Å². The standard InChI is InChI=1S/C29H41N9O5/c1-21-19-42-11-9-37(21)26-17-23(22-3-6-31-29(28(22)35-26)24-4-7-33-36-24)25-5-8-34-38(25)10-12-40-13-14-41-15-16-43-20-32-27(39)18-30-2/h3-8,17,21,28-30H,9-16,18-20H2,1-2H3,(H,32,39)(H,33,36). The summed E-state index contributed by atoms with van der Waals surface area (Å²) >= 11 is 0. The Bertz CT molecular complexity index is 1300. The molecule has 14 nitrogen and oxygen atoms in total. The van der Waals surface area contributed by atoms with Crippen molar-refractivity contribution < 1.29 is 23.7 Å². The van der Waals surface area contributed by atoms with Crippen molar-refractivity contribution in [3.05, 3.63) is 53.6 Å². The van der Waals surface area contributed by atoms with Crippen LogP contribution in [0.3, 0.4) is 0 Å². The van der Waals surface area contributed by atoms with Crippen molar-refractivity contribution in [2.24, 2.45) is 9.98 Å². The van der Waals surface area contributed by atoms with Crippen LogP contribution < -0.4 is 10.6 Å². The van der Waals surface area contributed by atoms with Crippen LogP contribution in [0.1, 0.15) is 24.4 Å². The first kappa shape index (κ1) is 30.8. The molecule has 43 heavy (non-hydrogen) atoms. The van der Waals surface area contributed by atoms with E-state index >= 15 is 0 Å². The van der Waals surface area contributed by atoms with E-state index in [-0.39, 0.29) is 37.3 Å². The number of ether oxygens (including phenoxy) is 4. The Labute approximate surface area is 251 Å². The quantitative estimate of drug-likeness (QED) is 0.198. The van der Waals surface area contributed by atoms with Gasteiger partial charge in [0.1, 0.15) is 24.7 Å². The smallest absolute Gasteiger partial charge is 0.235 e. The van der Waals surface area contributed by atoms with Crippen LogP contribution in [0.5, 0.6) is 0 Å². The first-order valence-corrected chi connectivity index (χ1v) is 14.7. The van der Waals surface area contributed by atoms with Crippen LogP contribution >= 0.6 is 0 Å². The number of H-pyrrole nitrogens is 1. The minimum atomic E-state index is -0.195. The Balaban J connectivity index is 1.17. The summed E-state index contributed by atoms with van der Waals surface area (Å²) in [5.74, 6) is 0.819. The number of hydrogen-bond acceptors (Lipinski definition) is 11. The topological polar surface area (TPSA) is 153 Å². The van der Waals surface area contributed by atoms with E-state index in [1.165, 1.54) is 0 Å². The lowest BCUT2D eigenvalue weighted by molar-refractivity contribution is -0.122. The van der Waals surface area contributed by atoms with Gasteiger partial charge in [0.05, 0.1) is 76.8 Å². The van der Waals surface area contributed by atoms with Gasteiger partial charge in [-0.25, -0.2) is 0 Å². The van der Waals surface area contributed by atoms with Gasteiger partial charge in [0.15, 0.2) is 0 Å². The Kier molecular flexibility index (Phi) is 11.2. The molecule has 1 fully saturated rings. The fourth-order valence-electron chi connectivity index (χ4n) is 5.23. The van der Waals surface area contributed by atoms with Gasteiger partial charge in [-0.05, 0) is 43.8 Å². The number of morpholine rings is 1. The summed E-state index contributed by atoms with van der Waals surface area (Å²) in [6.45, 7) is 7.50. The van der Waals surface area contributed by atoms with E-state index < -0.39 is 0 Å². The van der Waals surface area contributed by atoms with Crippen molar-refractivity contribution in [2.45, 2.75) is 31.6 Å². The number of aromatic amines is 1. The fourth-order valence-corrected chi connectivity index (χ4v) is 5.23. The summed E-state index contributed by atoms with van der Waals surface area (Å²) in [5, 5.41) is 17.3. The number of amidine groups is 1. The van der Waals surface area contributed by atoms with Crippen LogP contribution in [0.25, 0.3) is 5.57 Å². The average molecular weight is 596 g/mol. The van der Waals surface area contributed by atoms with Gasteiger partial charge in [0.25, 0.3) is 0 Å². The van der Waals surface area contributed by atoms with Crippen LogP contribution in [-0.4, -0.2) is 128 Å². The molecule has 0 spiro atoms. The maximum Gasteiger partial charge on any atom is 0.235 e. The number of carbonyl (C=O) groups is 1. The lowest BCUT2D eigenvalue weighted by Gasteiger charge is -2.39. The minimum Gasteiger partial charge on any atom is -0.377 e. The van der Waals surface area contributed by atoms with Gasteiger partial charge in [-0.3, -0.25) is 24.6 Å². The lowest BCUT2D eigenvalue weighted by Crippen LogP contribution is -2.48. The number of carbonyl (C=O) groups excluding carboxylic acids is 1. The highest BCUT2D eigenvalue weighted by Crippen LogP contribution is 2.39. The van der Waals surface area contributed by atoms with E-state index in [1.54, 1.807) is 13.2 Å². The molecule has 1 amide bonds. The highest BCUT2D eigenvalue weighted by Gasteiger charge is 2.36. The third kappa shape index (κ3) is 8.03. The third-order valence-electron chi connectivity index (χ3n) is 7.37.